The zero-order valence-corrected chi connectivity index (χ0v) is 15.6. The van der Waals surface area contributed by atoms with E-state index in [1.165, 1.54) is 0 Å². The van der Waals surface area contributed by atoms with Gasteiger partial charge >= 0.3 is 0 Å². The van der Waals surface area contributed by atoms with Crippen molar-refractivity contribution in [1.29, 1.82) is 0 Å². The standard InChI is InChI=1S/C13H34N5O4/c1-11(2)16(8)22-17(21-14)12(3,4)20-18(9,10)13(5,6)19-15-7/h11,15H,14H2,1-10H3/q+1. The molecular formula is C13H34N5O4+. The Kier molecular flexibility index (Phi) is 7.82. The predicted octanol–water partition coefficient (Wildman–Crippen LogP) is 0.912. The van der Waals surface area contributed by atoms with Crippen LogP contribution in [0, 0.1) is 0 Å². The second-order valence-electron chi connectivity index (χ2n) is 6.73. The van der Waals surface area contributed by atoms with Gasteiger partial charge in [-0.2, -0.15) is 35.8 Å². The maximum atomic E-state index is 6.12. The van der Waals surface area contributed by atoms with Crippen LogP contribution in [0.15, 0.2) is 0 Å². The Bertz CT molecular complexity index is 336. The number of nitrogens with zero attached hydrogens (tertiary/aromatic N) is 3. The van der Waals surface area contributed by atoms with Gasteiger partial charge < -0.3 is 0 Å². The van der Waals surface area contributed by atoms with E-state index in [1.807, 2.05) is 41.8 Å². The van der Waals surface area contributed by atoms with E-state index in [0.717, 1.165) is 5.23 Å². The first-order chi connectivity index (χ1) is 9.80. The highest BCUT2D eigenvalue weighted by Gasteiger charge is 2.48. The van der Waals surface area contributed by atoms with Gasteiger partial charge in [0, 0.05) is 39.2 Å². The molecule has 0 rings (SSSR count). The maximum absolute atomic E-state index is 6.12. The molecule has 0 aliphatic heterocycles. The lowest BCUT2D eigenvalue weighted by Crippen LogP contribution is -2.65. The van der Waals surface area contributed by atoms with Gasteiger partial charge in [-0.05, 0) is 27.7 Å². The Morgan fingerprint density at radius 1 is 1.14 bits per heavy atom. The van der Waals surface area contributed by atoms with Gasteiger partial charge in [-0.25, -0.2) is 4.84 Å². The molecule has 0 aromatic heterocycles. The van der Waals surface area contributed by atoms with Gasteiger partial charge in [-0.15, -0.1) is 0 Å². The van der Waals surface area contributed by atoms with Crippen molar-refractivity contribution >= 4 is 0 Å². The van der Waals surface area contributed by atoms with Crippen LogP contribution in [0.25, 0.3) is 0 Å². The minimum atomic E-state index is -0.990. The lowest BCUT2D eigenvalue weighted by atomic mass is 10.2. The molecule has 0 aliphatic carbocycles. The summed E-state index contributed by atoms with van der Waals surface area (Å²) in [5.74, 6) is 5.34. The minimum Gasteiger partial charge on any atom is -0.239 e. The molecule has 0 fully saturated rings. The number of nitrogens with one attached hydrogen (secondary N) is 1. The van der Waals surface area contributed by atoms with Crippen LogP contribution in [0.3, 0.4) is 0 Å². The van der Waals surface area contributed by atoms with Gasteiger partial charge in [0.15, 0.2) is 0 Å². The summed E-state index contributed by atoms with van der Waals surface area (Å²) in [5, 5.41) is 2.70. The molecule has 0 atom stereocenters. The Morgan fingerprint density at radius 3 is 2.00 bits per heavy atom. The van der Waals surface area contributed by atoms with Crippen molar-refractivity contribution in [2.75, 3.05) is 28.2 Å². The van der Waals surface area contributed by atoms with Crippen molar-refractivity contribution in [3.63, 3.8) is 0 Å². The van der Waals surface area contributed by atoms with Gasteiger partial charge in [-0.3, -0.25) is 0 Å². The SMILES string of the molecule is CNOC(C)(C)[N+](C)(C)OC(C)(C)N(ON)ON(C)C(C)C. The van der Waals surface area contributed by atoms with Gasteiger partial charge in [-0.1, -0.05) is 0 Å². The molecule has 0 aromatic carbocycles. The van der Waals surface area contributed by atoms with Crippen molar-refractivity contribution in [1.82, 2.24) is 15.8 Å². The molecule has 0 spiro atoms. The van der Waals surface area contributed by atoms with E-state index in [1.54, 1.807) is 33.0 Å². The molecule has 0 bridgehead atoms. The molecule has 134 valence electrons. The molecule has 0 aliphatic rings. The number of nitrogens with two attached hydrogens (primary N) is 1. The van der Waals surface area contributed by atoms with E-state index in [9.17, 15) is 0 Å². The summed E-state index contributed by atoms with van der Waals surface area (Å²) in [7, 11) is 7.20. The second-order valence-corrected chi connectivity index (χ2v) is 6.73. The van der Waals surface area contributed by atoms with Gasteiger partial charge in [0.05, 0.1) is 0 Å². The maximum Gasteiger partial charge on any atom is 0.244 e. The van der Waals surface area contributed by atoms with Crippen LogP contribution >= 0.6 is 0 Å². The smallest absolute Gasteiger partial charge is 0.239 e. The molecule has 9 heteroatoms. The Labute approximate surface area is 134 Å². The molecule has 0 aromatic rings. The number of hydroxylamine groups is 8. The summed E-state index contributed by atoms with van der Waals surface area (Å²) in [6, 6.07) is 0.139. The topological polar surface area (TPSA) is 81.4 Å². The van der Waals surface area contributed by atoms with Gasteiger partial charge in [0.25, 0.3) is 0 Å². The molecular weight excluding hydrogens is 290 g/mol. The van der Waals surface area contributed by atoms with E-state index in [0.29, 0.717) is 0 Å². The fraction of sp³-hybridized carbons (Fsp3) is 1.00. The fourth-order valence-corrected chi connectivity index (χ4v) is 1.52. The lowest BCUT2D eigenvalue weighted by molar-refractivity contribution is -1.14. The molecule has 0 heterocycles. The van der Waals surface area contributed by atoms with Crippen LogP contribution in [0.2, 0.25) is 0 Å². The predicted molar refractivity (Wildman–Crippen MR) is 82.6 cm³/mol. The van der Waals surface area contributed by atoms with Gasteiger partial charge in [0.1, 0.15) is 14.1 Å². The number of hydrogen-bond acceptors (Lipinski definition) is 8. The molecule has 9 nitrogen and oxygen atoms in total. The van der Waals surface area contributed by atoms with Gasteiger partial charge in [0.2, 0.25) is 11.4 Å². The summed E-state index contributed by atoms with van der Waals surface area (Å²) in [6.07, 6.45) is 0. The highest BCUT2D eigenvalue weighted by atomic mass is 17.1. The third-order valence-corrected chi connectivity index (χ3v) is 3.57. The summed E-state index contributed by atoms with van der Waals surface area (Å²) >= 11 is 0. The summed E-state index contributed by atoms with van der Waals surface area (Å²) in [5.41, 5.74) is 1.02. The first kappa shape index (κ1) is 21.6. The van der Waals surface area contributed by atoms with Crippen molar-refractivity contribution in [3.05, 3.63) is 0 Å². The van der Waals surface area contributed by atoms with E-state index in [4.69, 9.17) is 25.4 Å². The second kappa shape index (κ2) is 7.95. The fourth-order valence-electron chi connectivity index (χ4n) is 1.52. The Balaban J connectivity index is 5.11. The highest BCUT2D eigenvalue weighted by Crippen LogP contribution is 2.28. The first-order valence-corrected chi connectivity index (χ1v) is 7.28. The van der Waals surface area contributed by atoms with E-state index >= 15 is 0 Å². The molecule has 0 saturated carbocycles. The average molecular weight is 324 g/mol. The van der Waals surface area contributed by atoms with Crippen LogP contribution in [0.5, 0.6) is 0 Å². The summed E-state index contributed by atoms with van der Waals surface area (Å²) in [4.78, 5) is 22.1. The van der Waals surface area contributed by atoms with Crippen LogP contribution in [-0.4, -0.2) is 60.6 Å². The van der Waals surface area contributed by atoms with Crippen LogP contribution in [0.4, 0.5) is 0 Å². The zero-order chi connectivity index (χ0) is 17.8. The molecule has 3 N–H and O–H groups in total. The van der Waals surface area contributed by atoms with E-state index in [2.05, 4.69) is 5.48 Å². The molecule has 0 saturated heterocycles. The number of rotatable bonds is 10. The number of hydrogen-bond donors (Lipinski definition) is 2. The highest BCUT2D eigenvalue weighted by molar-refractivity contribution is 4.58. The van der Waals surface area contributed by atoms with Crippen LogP contribution < -0.4 is 11.4 Å². The third kappa shape index (κ3) is 5.69. The number of quaternary nitrogens is 1. The van der Waals surface area contributed by atoms with Crippen molar-refractivity contribution in [2.45, 2.75) is 59.0 Å². The molecule has 22 heavy (non-hydrogen) atoms. The van der Waals surface area contributed by atoms with Crippen molar-refractivity contribution in [2.24, 2.45) is 5.90 Å². The van der Waals surface area contributed by atoms with E-state index in [-0.39, 0.29) is 10.7 Å². The van der Waals surface area contributed by atoms with E-state index < -0.39 is 11.4 Å². The average Bonchev–Trinajstić information content (AvgIpc) is 2.33. The largest absolute Gasteiger partial charge is 0.244 e. The normalized spacial score (nSPS) is 14.5. The summed E-state index contributed by atoms with van der Waals surface area (Å²) < 4.78 is 0.0649. The molecule has 0 amide bonds. The zero-order valence-electron chi connectivity index (χ0n) is 15.6. The Morgan fingerprint density at radius 2 is 1.64 bits per heavy atom. The monoisotopic (exact) mass is 324 g/mol. The first-order valence-electron chi connectivity index (χ1n) is 7.28. The molecule has 0 radical (unpaired) electrons. The van der Waals surface area contributed by atoms with Crippen LogP contribution in [0.1, 0.15) is 41.5 Å². The Hall–Kier alpha value is -0.360. The quantitative estimate of drug-likeness (QED) is 0.349. The van der Waals surface area contributed by atoms with Crippen molar-refractivity contribution < 1.29 is 24.2 Å². The molecule has 0 unspecified atom stereocenters. The van der Waals surface area contributed by atoms with Crippen molar-refractivity contribution in [3.8, 4) is 0 Å². The summed E-state index contributed by atoms with van der Waals surface area (Å²) in [6.45, 7) is 11.3. The van der Waals surface area contributed by atoms with Crippen LogP contribution in [-0.2, 0) is 19.6 Å². The minimum absolute atomic E-state index is 0.0649. The third-order valence-electron chi connectivity index (χ3n) is 3.57. The lowest BCUT2D eigenvalue weighted by Gasteiger charge is -2.45.